The Balaban J connectivity index is 1.62. The molecular weight excluding hydrogens is 360 g/mol. The van der Waals surface area contributed by atoms with Crippen LogP contribution in [-0.4, -0.2) is 51.2 Å². The topological polar surface area (TPSA) is 120 Å². The number of carbonyl (C=O) groups is 1. The van der Waals surface area contributed by atoms with Gasteiger partial charge in [0.25, 0.3) is 5.91 Å². The monoisotopic (exact) mass is 386 g/mol. The molecule has 1 unspecified atom stereocenters. The fraction of sp³-hybridized carbons (Fsp3) is 0.632. The highest BCUT2D eigenvalue weighted by molar-refractivity contribution is 5.94. The molecule has 9 nitrogen and oxygen atoms in total. The Hall–Kier alpha value is -2.55. The molecule has 1 aliphatic heterocycles. The summed E-state index contributed by atoms with van der Waals surface area (Å²) in [7, 11) is 1.64. The van der Waals surface area contributed by atoms with Crippen molar-refractivity contribution in [3.8, 4) is 0 Å². The number of hydrogen-bond acceptors (Lipinski definition) is 8. The van der Waals surface area contributed by atoms with Crippen molar-refractivity contribution in [2.24, 2.45) is 0 Å². The van der Waals surface area contributed by atoms with Crippen LogP contribution < -0.4 is 5.73 Å². The molecule has 3 heterocycles. The molecule has 0 spiro atoms. The zero-order chi connectivity index (χ0) is 19.5. The maximum absolute atomic E-state index is 13.5. The van der Waals surface area contributed by atoms with E-state index in [2.05, 4.69) is 20.1 Å². The molecule has 28 heavy (non-hydrogen) atoms. The number of rotatable bonds is 5. The number of amides is 1. The number of aryl methyl sites for hydroxylation is 1. The fourth-order valence-electron chi connectivity index (χ4n) is 4.06. The number of anilines is 1. The maximum Gasteiger partial charge on any atom is 0.273 e. The summed E-state index contributed by atoms with van der Waals surface area (Å²) in [5.41, 5.74) is 8.20. The van der Waals surface area contributed by atoms with Gasteiger partial charge in [0.15, 0.2) is 5.82 Å². The van der Waals surface area contributed by atoms with Gasteiger partial charge < -0.3 is 19.9 Å². The lowest BCUT2D eigenvalue weighted by atomic mass is 9.93. The van der Waals surface area contributed by atoms with E-state index >= 15 is 0 Å². The lowest BCUT2D eigenvalue weighted by molar-refractivity contribution is 0.0553. The molecule has 150 valence electrons. The van der Waals surface area contributed by atoms with Gasteiger partial charge in [-0.25, -0.2) is 9.97 Å². The van der Waals surface area contributed by atoms with Crippen LogP contribution in [0.1, 0.15) is 71.6 Å². The third-order valence-corrected chi connectivity index (χ3v) is 5.47. The number of ether oxygens (including phenoxy) is 1. The standard InChI is InChI=1S/C19H26N6O3/c1-27-11-9-15-22-17(28-24-15)14-8-4-5-10-25(14)18(26)16-12-6-2-3-7-13(12)21-19(20)23-16/h14H,2-11H2,1H3,(H2,20,21,23). The van der Waals surface area contributed by atoms with Crippen molar-refractivity contribution in [2.45, 2.75) is 57.4 Å². The SMILES string of the molecule is COCCc1noc(C2CCCCN2C(=O)c2nc(N)nc3c2CCCC3)n1. The summed E-state index contributed by atoms with van der Waals surface area (Å²) in [6, 6.07) is -0.236. The first-order valence-electron chi connectivity index (χ1n) is 9.95. The number of aromatic nitrogens is 4. The Morgan fingerprint density at radius 1 is 1.21 bits per heavy atom. The average molecular weight is 386 g/mol. The first-order valence-corrected chi connectivity index (χ1v) is 9.95. The number of nitrogens with two attached hydrogens (primary N) is 1. The van der Waals surface area contributed by atoms with Gasteiger partial charge in [0, 0.05) is 31.3 Å². The van der Waals surface area contributed by atoms with Gasteiger partial charge in [-0.1, -0.05) is 5.16 Å². The molecule has 1 aliphatic carbocycles. The molecular formula is C19H26N6O3. The second-order valence-electron chi connectivity index (χ2n) is 7.36. The molecule has 0 radical (unpaired) electrons. The summed E-state index contributed by atoms with van der Waals surface area (Å²) in [6.45, 7) is 1.16. The van der Waals surface area contributed by atoms with Crippen LogP contribution in [0, 0.1) is 0 Å². The third-order valence-electron chi connectivity index (χ3n) is 5.47. The Kier molecular flexibility index (Phi) is 5.52. The predicted octanol–water partition coefficient (Wildman–Crippen LogP) is 1.88. The Morgan fingerprint density at radius 3 is 2.93 bits per heavy atom. The molecule has 1 atom stereocenters. The Labute approximate surface area is 163 Å². The van der Waals surface area contributed by atoms with E-state index in [0.29, 0.717) is 37.0 Å². The van der Waals surface area contributed by atoms with Gasteiger partial charge in [0.05, 0.1) is 6.61 Å². The van der Waals surface area contributed by atoms with Crippen molar-refractivity contribution in [1.29, 1.82) is 0 Å². The van der Waals surface area contributed by atoms with E-state index < -0.39 is 0 Å². The summed E-state index contributed by atoms with van der Waals surface area (Å²) in [5, 5.41) is 4.03. The average Bonchev–Trinajstić information content (AvgIpc) is 3.20. The van der Waals surface area contributed by atoms with Crippen LogP contribution in [0.15, 0.2) is 4.52 Å². The van der Waals surface area contributed by atoms with Crippen molar-refractivity contribution >= 4 is 11.9 Å². The van der Waals surface area contributed by atoms with Crippen molar-refractivity contribution in [3.63, 3.8) is 0 Å². The van der Waals surface area contributed by atoms with E-state index in [-0.39, 0.29) is 17.9 Å². The van der Waals surface area contributed by atoms with Crippen LogP contribution in [0.2, 0.25) is 0 Å². The van der Waals surface area contributed by atoms with Crippen LogP contribution in [0.3, 0.4) is 0 Å². The Morgan fingerprint density at radius 2 is 2.07 bits per heavy atom. The quantitative estimate of drug-likeness (QED) is 0.827. The molecule has 1 amide bonds. The zero-order valence-electron chi connectivity index (χ0n) is 16.2. The molecule has 2 aliphatic rings. The summed E-state index contributed by atoms with van der Waals surface area (Å²) in [4.78, 5) is 28.4. The number of carbonyl (C=O) groups excluding carboxylic acids is 1. The number of piperidine rings is 1. The number of nitrogens with zero attached hydrogens (tertiary/aromatic N) is 5. The predicted molar refractivity (Wildman–Crippen MR) is 101 cm³/mol. The molecule has 2 aromatic heterocycles. The molecule has 2 N–H and O–H groups in total. The first-order chi connectivity index (χ1) is 13.7. The van der Waals surface area contributed by atoms with Gasteiger partial charge in [-0.3, -0.25) is 4.79 Å². The number of nitrogen functional groups attached to an aromatic ring is 1. The largest absolute Gasteiger partial charge is 0.384 e. The van der Waals surface area contributed by atoms with E-state index in [4.69, 9.17) is 15.0 Å². The van der Waals surface area contributed by atoms with Crippen LogP contribution in [-0.2, 0) is 24.0 Å². The highest BCUT2D eigenvalue weighted by atomic mass is 16.5. The molecule has 1 fully saturated rings. The van der Waals surface area contributed by atoms with E-state index in [0.717, 1.165) is 56.2 Å². The van der Waals surface area contributed by atoms with Crippen molar-refractivity contribution in [3.05, 3.63) is 28.7 Å². The van der Waals surface area contributed by atoms with Crippen LogP contribution in [0.25, 0.3) is 0 Å². The van der Waals surface area contributed by atoms with E-state index in [9.17, 15) is 4.79 Å². The normalized spacial score (nSPS) is 19.5. The Bertz CT molecular complexity index is 852. The number of hydrogen-bond donors (Lipinski definition) is 1. The molecule has 0 aromatic carbocycles. The van der Waals surface area contributed by atoms with E-state index in [1.807, 2.05) is 4.90 Å². The molecule has 1 saturated heterocycles. The summed E-state index contributed by atoms with van der Waals surface area (Å²) in [5.74, 6) is 1.12. The van der Waals surface area contributed by atoms with Crippen LogP contribution >= 0.6 is 0 Å². The highest BCUT2D eigenvalue weighted by Gasteiger charge is 2.35. The second-order valence-corrected chi connectivity index (χ2v) is 7.36. The third kappa shape index (κ3) is 3.71. The lowest BCUT2D eigenvalue weighted by Gasteiger charge is -2.34. The van der Waals surface area contributed by atoms with Gasteiger partial charge in [0.1, 0.15) is 11.7 Å². The van der Waals surface area contributed by atoms with Crippen LogP contribution in [0.4, 0.5) is 5.95 Å². The lowest BCUT2D eigenvalue weighted by Crippen LogP contribution is -2.40. The molecule has 0 saturated carbocycles. The minimum Gasteiger partial charge on any atom is -0.384 e. The highest BCUT2D eigenvalue weighted by Crippen LogP contribution is 2.33. The summed E-state index contributed by atoms with van der Waals surface area (Å²) in [6.07, 6.45) is 7.09. The van der Waals surface area contributed by atoms with Crippen LogP contribution in [0.5, 0.6) is 0 Å². The van der Waals surface area contributed by atoms with E-state index in [1.165, 1.54) is 0 Å². The van der Waals surface area contributed by atoms with Gasteiger partial charge in [0.2, 0.25) is 11.8 Å². The zero-order valence-corrected chi connectivity index (χ0v) is 16.2. The number of likely N-dealkylation sites (tertiary alicyclic amines) is 1. The van der Waals surface area contributed by atoms with Crippen molar-refractivity contribution < 1.29 is 14.1 Å². The number of methoxy groups -OCH3 is 1. The summed E-state index contributed by atoms with van der Waals surface area (Å²) < 4.78 is 10.6. The van der Waals surface area contributed by atoms with Gasteiger partial charge in [-0.05, 0) is 44.9 Å². The second kappa shape index (κ2) is 8.22. The minimum absolute atomic E-state index is 0.117. The molecule has 9 heteroatoms. The number of fused-ring (bicyclic) bond motifs is 1. The molecule has 4 rings (SSSR count). The maximum atomic E-state index is 13.5. The van der Waals surface area contributed by atoms with Gasteiger partial charge in [-0.15, -0.1) is 0 Å². The minimum atomic E-state index is -0.236. The van der Waals surface area contributed by atoms with Crippen molar-refractivity contribution in [2.75, 3.05) is 26.0 Å². The van der Waals surface area contributed by atoms with Gasteiger partial charge >= 0.3 is 0 Å². The summed E-state index contributed by atoms with van der Waals surface area (Å²) >= 11 is 0. The molecule has 2 aromatic rings. The fourth-order valence-corrected chi connectivity index (χ4v) is 4.06. The van der Waals surface area contributed by atoms with Crippen molar-refractivity contribution in [1.82, 2.24) is 25.0 Å². The van der Waals surface area contributed by atoms with Gasteiger partial charge in [-0.2, -0.15) is 4.98 Å². The van der Waals surface area contributed by atoms with E-state index in [1.54, 1.807) is 7.11 Å². The smallest absolute Gasteiger partial charge is 0.273 e. The first kappa shape index (κ1) is 18.8. The molecule has 0 bridgehead atoms.